The molecule has 1 aromatic carbocycles. The van der Waals surface area contributed by atoms with Crippen molar-refractivity contribution in [2.75, 3.05) is 7.05 Å². The van der Waals surface area contributed by atoms with E-state index in [0.717, 1.165) is 10.2 Å². The maximum Gasteiger partial charge on any atom is 0.325 e. The lowest BCUT2D eigenvalue weighted by atomic mass is 10.2. The summed E-state index contributed by atoms with van der Waals surface area (Å²) in [6.45, 7) is 0.133. The number of carbonyl (C=O) groups excluding carboxylic acids is 1. The van der Waals surface area contributed by atoms with Gasteiger partial charge in [-0.15, -0.1) is 5.10 Å². The number of rotatable bonds is 5. The van der Waals surface area contributed by atoms with Crippen LogP contribution in [0, 0.1) is 0 Å². The molecule has 0 aliphatic rings. The SMILES string of the molecule is CN(Cc1ccccc1)C(=O)c1cn(CC(=O)O)nn1. The summed E-state index contributed by atoms with van der Waals surface area (Å²) in [5, 5.41) is 15.9. The molecule has 0 fully saturated rings. The zero-order valence-electron chi connectivity index (χ0n) is 10.9. The van der Waals surface area contributed by atoms with Crippen LogP contribution in [0.5, 0.6) is 0 Å². The summed E-state index contributed by atoms with van der Waals surface area (Å²) in [5.74, 6) is -1.34. The van der Waals surface area contributed by atoms with Crippen molar-refractivity contribution in [2.45, 2.75) is 13.1 Å². The number of amides is 1. The summed E-state index contributed by atoms with van der Waals surface area (Å²) >= 11 is 0. The van der Waals surface area contributed by atoms with E-state index in [9.17, 15) is 9.59 Å². The lowest BCUT2D eigenvalue weighted by molar-refractivity contribution is -0.137. The molecule has 104 valence electrons. The zero-order chi connectivity index (χ0) is 14.5. The largest absolute Gasteiger partial charge is 0.480 e. The zero-order valence-corrected chi connectivity index (χ0v) is 10.9. The van der Waals surface area contributed by atoms with Crippen LogP contribution in [0.25, 0.3) is 0 Å². The van der Waals surface area contributed by atoms with Crippen molar-refractivity contribution in [3.05, 3.63) is 47.8 Å². The topological polar surface area (TPSA) is 88.3 Å². The van der Waals surface area contributed by atoms with E-state index in [1.54, 1.807) is 7.05 Å². The van der Waals surface area contributed by atoms with Crippen LogP contribution in [0.3, 0.4) is 0 Å². The summed E-state index contributed by atoms with van der Waals surface area (Å²) in [7, 11) is 1.66. The second-order valence-electron chi connectivity index (χ2n) is 4.34. The lowest BCUT2D eigenvalue weighted by Crippen LogP contribution is -2.26. The molecule has 7 nitrogen and oxygen atoms in total. The molecule has 0 aliphatic heterocycles. The van der Waals surface area contributed by atoms with Crippen LogP contribution in [0.4, 0.5) is 0 Å². The molecule has 2 rings (SSSR count). The minimum absolute atomic E-state index is 0.129. The molecule has 20 heavy (non-hydrogen) atoms. The van der Waals surface area contributed by atoms with E-state index in [-0.39, 0.29) is 18.1 Å². The number of aliphatic carboxylic acids is 1. The first-order chi connectivity index (χ1) is 9.56. The minimum atomic E-state index is -1.04. The van der Waals surface area contributed by atoms with Gasteiger partial charge in [0.25, 0.3) is 5.91 Å². The highest BCUT2D eigenvalue weighted by molar-refractivity contribution is 5.91. The molecular formula is C13H14N4O3. The fourth-order valence-electron chi connectivity index (χ4n) is 1.74. The molecule has 0 saturated carbocycles. The summed E-state index contributed by atoms with van der Waals surface area (Å²) < 4.78 is 1.12. The number of carboxylic acid groups (broad SMARTS) is 1. The van der Waals surface area contributed by atoms with Crippen LogP contribution in [-0.2, 0) is 17.9 Å². The number of aromatic nitrogens is 3. The predicted octanol–water partition coefficient (Wildman–Crippen LogP) is 0.635. The Labute approximate surface area is 115 Å². The number of nitrogens with zero attached hydrogens (tertiary/aromatic N) is 4. The van der Waals surface area contributed by atoms with Crippen molar-refractivity contribution in [3.8, 4) is 0 Å². The lowest BCUT2D eigenvalue weighted by Gasteiger charge is -2.15. The summed E-state index contributed by atoms with van der Waals surface area (Å²) in [5.41, 5.74) is 1.13. The molecule has 0 aliphatic carbocycles. The van der Waals surface area contributed by atoms with E-state index in [1.165, 1.54) is 11.1 Å². The Morgan fingerprint density at radius 3 is 2.65 bits per heavy atom. The molecule has 7 heteroatoms. The van der Waals surface area contributed by atoms with Gasteiger partial charge in [-0.05, 0) is 5.56 Å². The molecule has 1 N–H and O–H groups in total. The third kappa shape index (κ3) is 3.41. The maximum absolute atomic E-state index is 12.1. The molecule has 1 amide bonds. The highest BCUT2D eigenvalue weighted by atomic mass is 16.4. The Hall–Kier alpha value is -2.70. The van der Waals surface area contributed by atoms with E-state index in [2.05, 4.69) is 10.3 Å². The van der Waals surface area contributed by atoms with Crippen molar-refractivity contribution in [1.82, 2.24) is 19.9 Å². The van der Waals surface area contributed by atoms with Gasteiger partial charge in [-0.1, -0.05) is 35.5 Å². The van der Waals surface area contributed by atoms with Gasteiger partial charge in [0.2, 0.25) is 0 Å². The third-order valence-corrected chi connectivity index (χ3v) is 2.66. The van der Waals surface area contributed by atoms with Gasteiger partial charge in [-0.2, -0.15) is 0 Å². The Kier molecular flexibility index (Phi) is 4.09. The molecule has 0 spiro atoms. The predicted molar refractivity (Wildman–Crippen MR) is 69.9 cm³/mol. The van der Waals surface area contributed by atoms with Crippen molar-refractivity contribution in [3.63, 3.8) is 0 Å². The van der Waals surface area contributed by atoms with Crippen LogP contribution >= 0.6 is 0 Å². The average Bonchev–Trinajstić information content (AvgIpc) is 2.86. The van der Waals surface area contributed by atoms with E-state index in [1.807, 2.05) is 30.3 Å². The van der Waals surface area contributed by atoms with Gasteiger partial charge in [-0.3, -0.25) is 9.59 Å². The Morgan fingerprint density at radius 1 is 1.30 bits per heavy atom. The minimum Gasteiger partial charge on any atom is -0.480 e. The molecule has 0 saturated heterocycles. The van der Waals surface area contributed by atoms with Gasteiger partial charge < -0.3 is 10.0 Å². The quantitative estimate of drug-likeness (QED) is 0.864. The normalized spacial score (nSPS) is 10.2. The molecular weight excluding hydrogens is 260 g/mol. The fraction of sp³-hybridized carbons (Fsp3) is 0.231. The molecule has 0 unspecified atom stereocenters. The van der Waals surface area contributed by atoms with Crippen molar-refractivity contribution >= 4 is 11.9 Å². The smallest absolute Gasteiger partial charge is 0.325 e. The molecule has 1 heterocycles. The van der Waals surface area contributed by atoms with Crippen LogP contribution < -0.4 is 0 Å². The molecule has 0 radical (unpaired) electrons. The maximum atomic E-state index is 12.1. The standard InChI is InChI=1S/C13H14N4O3/c1-16(7-10-5-3-2-4-6-10)13(20)11-8-17(15-14-11)9-12(18)19/h2-6,8H,7,9H2,1H3,(H,18,19). The number of carboxylic acids is 1. The van der Waals surface area contributed by atoms with Gasteiger partial charge in [-0.25, -0.2) is 4.68 Å². The molecule has 0 atom stereocenters. The first-order valence-corrected chi connectivity index (χ1v) is 5.97. The Balaban J connectivity index is 2.03. The second-order valence-corrected chi connectivity index (χ2v) is 4.34. The summed E-state index contributed by atoms with van der Waals surface area (Å²) in [4.78, 5) is 24.2. The highest BCUT2D eigenvalue weighted by Gasteiger charge is 2.16. The average molecular weight is 274 g/mol. The Morgan fingerprint density at radius 2 is 2.00 bits per heavy atom. The monoisotopic (exact) mass is 274 g/mol. The van der Waals surface area contributed by atoms with Gasteiger partial charge >= 0.3 is 5.97 Å². The highest BCUT2D eigenvalue weighted by Crippen LogP contribution is 2.06. The molecule has 1 aromatic heterocycles. The second kappa shape index (κ2) is 5.96. The van der Waals surface area contributed by atoms with Crippen LogP contribution in [-0.4, -0.2) is 43.9 Å². The van der Waals surface area contributed by atoms with E-state index in [4.69, 9.17) is 5.11 Å². The van der Waals surface area contributed by atoms with Crippen LogP contribution in [0.15, 0.2) is 36.5 Å². The van der Waals surface area contributed by atoms with E-state index in [0.29, 0.717) is 6.54 Å². The number of hydrogen-bond donors (Lipinski definition) is 1. The van der Waals surface area contributed by atoms with E-state index < -0.39 is 5.97 Å². The van der Waals surface area contributed by atoms with Gasteiger partial charge in [0.05, 0.1) is 6.20 Å². The van der Waals surface area contributed by atoms with Gasteiger partial charge in [0.1, 0.15) is 6.54 Å². The number of hydrogen-bond acceptors (Lipinski definition) is 4. The number of carbonyl (C=O) groups is 2. The first kappa shape index (κ1) is 13.7. The van der Waals surface area contributed by atoms with E-state index >= 15 is 0 Å². The van der Waals surface area contributed by atoms with Crippen LogP contribution in [0.1, 0.15) is 16.1 Å². The molecule has 2 aromatic rings. The summed E-state index contributed by atoms with van der Waals surface area (Å²) in [6.07, 6.45) is 1.33. The molecule has 0 bridgehead atoms. The first-order valence-electron chi connectivity index (χ1n) is 5.97. The number of benzene rings is 1. The van der Waals surface area contributed by atoms with Gasteiger partial charge in [0.15, 0.2) is 5.69 Å². The fourth-order valence-corrected chi connectivity index (χ4v) is 1.74. The third-order valence-electron chi connectivity index (χ3n) is 2.66. The summed E-state index contributed by atoms with van der Waals surface area (Å²) in [6, 6.07) is 9.55. The van der Waals surface area contributed by atoms with Crippen molar-refractivity contribution in [2.24, 2.45) is 0 Å². The Bertz CT molecular complexity index is 609. The van der Waals surface area contributed by atoms with Crippen molar-refractivity contribution in [1.29, 1.82) is 0 Å². The van der Waals surface area contributed by atoms with Crippen molar-refractivity contribution < 1.29 is 14.7 Å². The van der Waals surface area contributed by atoms with Crippen LogP contribution in [0.2, 0.25) is 0 Å². The van der Waals surface area contributed by atoms with Gasteiger partial charge in [0, 0.05) is 13.6 Å².